The third-order valence-electron chi connectivity index (χ3n) is 7.13. The first kappa shape index (κ1) is 28.2. The van der Waals surface area contributed by atoms with Crippen LogP contribution in [0.4, 0.5) is 20.2 Å². The predicted molar refractivity (Wildman–Crippen MR) is 153 cm³/mol. The van der Waals surface area contributed by atoms with E-state index in [0.717, 1.165) is 5.56 Å². The van der Waals surface area contributed by atoms with Crippen LogP contribution in [0, 0.1) is 0 Å². The van der Waals surface area contributed by atoms with Gasteiger partial charge in [0.25, 0.3) is 0 Å². The topological polar surface area (TPSA) is 134 Å². The van der Waals surface area contributed by atoms with Gasteiger partial charge in [-0.15, -0.1) is 5.10 Å². The van der Waals surface area contributed by atoms with Crippen molar-refractivity contribution in [2.24, 2.45) is 0 Å². The molecule has 12 nitrogen and oxygen atoms in total. The van der Waals surface area contributed by atoms with E-state index in [1.807, 2.05) is 30.3 Å². The number of benzene rings is 3. The fraction of sp³-hybridized carbons (Fsp3) is 0.214. The van der Waals surface area contributed by atoms with E-state index in [9.17, 15) is 23.5 Å². The molecule has 0 bridgehead atoms. The van der Waals surface area contributed by atoms with Crippen LogP contribution in [0.25, 0.3) is 16.6 Å². The van der Waals surface area contributed by atoms with Gasteiger partial charge in [0, 0.05) is 28.7 Å². The van der Waals surface area contributed by atoms with Crippen molar-refractivity contribution >= 4 is 45.7 Å². The lowest BCUT2D eigenvalue weighted by Crippen LogP contribution is -2.61. The Bertz CT molecular complexity index is 1770. The molecule has 3 heterocycles. The van der Waals surface area contributed by atoms with Gasteiger partial charge < -0.3 is 20.2 Å². The highest BCUT2D eigenvalue weighted by Gasteiger charge is 2.39. The number of nitrogens with one attached hydrogen (secondary N) is 1. The molecule has 0 aliphatic carbocycles. The van der Waals surface area contributed by atoms with Crippen LogP contribution in [0.5, 0.6) is 0 Å². The van der Waals surface area contributed by atoms with Gasteiger partial charge in [-0.1, -0.05) is 41.9 Å². The molecule has 43 heavy (non-hydrogen) atoms. The summed E-state index contributed by atoms with van der Waals surface area (Å²) in [6.07, 6.45) is 1.54. The van der Waals surface area contributed by atoms with Crippen LogP contribution in [-0.2, 0) is 16.0 Å². The zero-order valence-corrected chi connectivity index (χ0v) is 23.1. The molecule has 2 N–H and O–H groups in total. The first-order valence-corrected chi connectivity index (χ1v) is 13.5. The number of hydrogen-bond acceptors (Lipinski definition) is 8. The number of β-amino-alcohol motifs (C(OH)–C–C–N with tert-alkyl or cyclic N) is 1. The average molecular weight is 608 g/mol. The zero-order chi connectivity index (χ0) is 30.1. The smallest absolute Gasteiger partial charge is 0.333 e. The summed E-state index contributed by atoms with van der Waals surface area (Å²) in [4.78, 5) is 30.2. The first-order chi connectivity index (χ1) is 20.8. The Morgan fingerprint density at radius 3 is 2.65 bits per heavy atom. The molecule has 0 spiro atoms. The van der Waals surface area contributed by atoms with E-state index < -0.39 is 30.6 Å². The number of fused-ring (bicyclic) bond motifs is 1. The van der Waals surface area contributed by atoms with Crippen molar-refractivity contribution in [1.82, 2.24) is 34.9 Å². The maximum Gasteiger partial charge on any atom is 0.333 e. The second-order valence-electron chi connectivity index (χ2n) is 9.90. The summed E-state index contributed by atoms with van der Waals surface area (Å²) in [5.41, 5.74) is 2.43. The Morgan fingerprint density at radius 2 is 1.91 bits per heavy atom. The standard InChI is InChI=1S/C28H24ClF2N9O3/c29-19-6-9-22(40-16-32-35-36-40)23(12-19)37-14-26(42)38(15-25(37)41)24(10-17-4-2-1-3-5-17)27(43)33-20-7-8-21-18(11-20)13-39(34-21)28(30)31/h1-9,11-13,16,24-25,28,41H,10,14-15H2,(H,33,43). The SMILES string of the molecule is O=C(Nc1ccc2nn(C(F)F)cc2c1)C(Cc1ccccc1)N1CC(O)N(c2cc(Cl)ccc2-n2cnnn2)CC1=O. The Labute approximate surface area is 248 Å². The van der Waals surface area contributed by atoms with E-state index in [-0.39, 0.29) is 19.5 Å². The molecule has 5 aromatic rings. The van der Waals surface area contributed by atoms with Gasteiger partial charge in [0.15, 0.2) is 0 Å². The Hall–Kier alpha value is -4.95. The number of aliphatic hydroxyl groups excluding tert-OH is 1. The number of anilines is 2. The predicted octanol–water partition coefficient (Wildman–Crippen LogP) is 3.28. The molecule has 1 saturated heterocycles. The maximum absolute atomic E-state index is 13.7. The van der Waals surface area contributed by atoms with Gasteiger partial charge in [0.1, 0.15) is 18.6 Å². The number of amides is 2. The van der Waals surface area contributed by atoms with Gasteiger partial charge in [0.2, 0.25) is 11.8 Å². The number of hydrogen-bond donors (Lipinski definition) is 2. The Balaban J connectivity index is 1.27. The average Bonchev–Trinajstić information content (AvgIpc) is 3.68. The number of halogens is 3. The fourth-order valence-corrected chi connectivity index (χ4v) is 5.25. The molecule has 6 rings (SSSR count). The van der Waals surface area contributed by atoms with Crippen molar-refractivity contribution in [3.05, 3.63) is 89.8 Å². The van der Waals surface area contributed by atoms with Crippen LogP contribution in [-0.4, -0.2) is 77.2 Å². The summed E-state index contributed by atoms with van der Waals surface area (Å²) in [5.74, 6) is -0.909. The number of aromatic nitrogens is 6. The normalized spacial score (nSPS) is 16.2. The Morgan fingerprint density at radius 1 is 1.09 bits per heavy atom. The van der Waals surface area contributed by atoms with E-state index in [2.05, 4.69) is 25.9 Å². The highest BCUT2D eigenvalue weighted by molar-refractivity contribution is 6.31. The second-order valence-corrected chi connectivity index (χ2v) is 10.3. The maximum atomic E-state index is 13.7. The lowest BCUT2D eigenvalue weighted by atomic mass is 10.0. The van der Waals surface area contributed by atoms with Crippen molar-refractivity contribution in [3.8, 4) is 5.69 Å². The molecule has 1 aliphatic heterocycles. The van der Waals surface area contributed by atoms with E-state index in [1.165, 1.54) is 39.1 Å². The largest absolute Gasteiger partial charge is 0.372 e. The molecule has 2 aromatic heterocycles. The number of nitrogens with zero attached hydrogens (tertiary/aromatic N) is 8. The summed E-state index contributed by atoms with van der Waals surface area (Å²) in [7, 11) is 0. The second kappa shape index (κ2) is 11.7. The van der Waals surface area contributed by atoms with E-state index in [0.29, 0.717) is 37.7 Å². The summed E-state index contributed by atoms with van der Waals surface area (Å²) in [6.45, 7) is -3.24. The van der Waals surface area contributed by atoms with E-state index in [4.69, 9.17) is 11.6 Å². The van der Waals surface area contributed by atoms with Gasteiger partial charge in [-0.25, -0.2) is 4.68 Å². The molecule has 2 atom stereocenters. The summed E-state index contributed by atoms with van der Waals surface area (Å²) in [6, 6.07) is 17.7. The van der Waals surface area contributed by atoms with Crippen molar-refractivity contribution in [2.45, 2.75) is 25.2 Å². The molecular weight excluding hydrogens is 584 g/mol. The molecule has 3 aromatic carbocycles. The van der Waals surface area contributed by atoms with Crippen LogP contribution < -0.4 is 10.2 Å². The quantitative estimate of drug-likeness (QED) is 0.275. The first-order valence-electron chi connectivity index (χ1n) is 13.2. The minimum absolute atomic E-state index is 0.170. The van der Waals surface area contributed by atoms with Crippen LogP contribution in [0.3, 0.4) is 0 Å². The third-order valence-corrected chi connectivity index (χ3v) is 7.36. The number of piperazine rings is 1. The number of carbonyl (C=O) groups is 2. The van der Waals surface area contributed by atoms with Gasteiger partial charge in [0.05, 0.1) is 30.0 Å². The molecule has 0 radical (unpaired) electrons. The van der Waals surface area contributed by atoms with Gasteiger partial charge in [-0.3, -0.25) is 9.59 Å². The number of tetrazole rings is 1. The molecule has 220 valence electrons. The molecule has 1 aliphatic rings. The number of carbonyl (C=O) groups excluding carboxylic acids is 2. The molecule has 2 unspecified atom stereocenters. The molecule has 0 saturated carbocycles. The van der Waals surface area contributed by atoms with Crippen LogP contribution >= 0.6 is 11.6 Å². The van der Waals surface area contributed by atoms with E-state index >= 15 is 0 Å². The summed E-state index contributed by atoms with van der Waals surface area (Å²) in [5, 5.41) is 30.0. The highest BCUT2D eigenvalue weighted by atomic mass is 35.5. The minimum atomic E-state index is -2.80. The highest BCUT2D eigenvalue weighted by Crippen LogP contribution is 2.31. The number of alkyl halides is 2. The molecule has 15 heteroatoms. The fourth-order valence-electron chi connectivity index (χ4n) is 5.09. The minimum Gasteiger partial charge on any atom is -0.372 e. The van der Waals surface area contributed by atoms with Gasteiger partial charge >= 0.3 is 6.55 Å². The zero-order valence-electron chi connectivity index (χ0n) is 22.3. The van der Waals surface area contributed by atoms with Crippen molar-refractivity contribution < 1.29 is 23.5 Å². The van der Waals surface area contributed by atoms with Gasteiger partial charge in [-0.2, -0.15) is 18.6 Å². The summed E-state index contributed by atoms with van der Waals surface area (Å²) >= 11 is 6.26. The van der Waals surface area contributed by atoms with Crippen LogP contribution in [0.15, 0.2) is 79.3 Å². The monoisotopic (exact) mass is 607 g/mol. The molecule has 2 amide bonds. The van der Waals surface area contributed by atoms with E-state index in [1.54, 1.807) is 24.3 Å². The van der Waals surface area contributed by atoms with Crippen molar-refractivity contribution in [3.63, 3.8) is 0 Å². The number of rotatable bonds is 8. The third kappa shape index (κ3) is 5.87. The lowest BCUT2D eigenvalue weighted by molar-refractivity contribution is -0.142. The van der Waals surface area contributed by atoms with Crippen molar-refractivity contribution in [2.75, 3.05) is 23.3 Å². The van der Waals surface area contributed by atoms with Crippen molar-refractivity contribution in [1.29, 1.82) is 0 Å². The number of aliphatic hydroxyl groups is 1. The Kier molecular flexibility index (Phi) is 7.69. The lowest BCUT2D eigenvalue weighted by Gasteiger charge is -2.42. The molecular formula is C28H24ClF2N9O3. The van der Waals surface area contributed by atoms with Gasteiger partial charge in [-0.05, 0) is 52.4 Å². The molecule has 1 fully saturated rings. The van der Waals surface area contributed by atoms with Crippen LogP contribution in [0.1, 0.15) is 12.1 Å². The summed E-state index contributed by atoms with van der Waals surface area (Å²) < 4.78 is 28.1. The van der Waals surface area contributed by atoms with Crippen LogP contribution in [0.2, 0.25) is 5.02 Å².